The third-order valence-corrected chi connectivity index (χ3v) is 1.15. The number of carbonyl (C=O) groups is 1. The van der Waals surface area contributed by atoms with Gasteiger partial charge in [0.1, 0.15) is 6.10 Å². The molecule has 0 aliphatic carbocycles. The first-order valence-electron chi connectivity index (χ1n) is 2.59. The summed E-state index contributed by atoms with van der Waals surface area (Å²) in [6, 6.07) is 0. The molecule has 0 aromatic carbocycles. The summed E-state index contributed by atoms with van der Waals surface area (Å²) in [5, 5.41) is 8.26. The number of carbonyl (C=O) groups excluding carboxylic acids is 1. The van der Waals surface area contributed by atoms with Crippen molar-refractivity contribution < 1.29 is 9.90 Å². The Morgan fingerprint density at radius 2 is 2.22 bits per heavy atom. The first-order valence-corrected chi connectivity index (χ1v) is 3.04. The summed E-state index contributed by atoms with van der Waals surface area (Å²) >= 11 is 3.44. The van der Waals surface area contributed by atoms with Gasteiger partial charge in [-0.25, -0.2) is 0 Å². The normalized spacial score (nSPS) is 11.9. The van der Waals surface area contributed by atoms with Crippen molar-refractivity contribution in [2.45, 2.75) is 25.9 Å². The fraction of sp³-hybridized carbons (Fsp3) is 0.800. The Balaban J connectivity index is 0. The van der Waals surface area contributed by atoms with Crippen LogP contribution in [-0.2, 0) is 4.79 Å². The maximum Gasteiger partial charge on any atom is 0.214 e. The second kappa shape index (κ2) is 7.72. The molecule has 0 rings (SSSR count). The van der Waals surface area contributed by atoms with Crippen LogP contribution in [0.4, 0.5) is 0 Å². The average Bonchev–Trinajstić information content (AvgIpc) is 1.67. The Morgan fingerprint density at radius 3 is 2.33 bits per heavy atom. The minimum absolute atomic E-state index is 0. The van der Waals surface area contributed by atoms with Crippen LogP contribution in [0.3, 0.4) is 0 Å². The third kappa shape index (κ3) is 7.51. The third-order valence-electron chi connectivity index (χ3n) is 0.847. The van der Waals surface area contributed by atoms with Gasteiger partial charge in [0.05, 0.1) is 0 Å². The van der Waals surface area contributed by atoms with E-state index in [1.807, 2.05) is 6.92 Å². The number of aliphatic hydroxyl groups excluding tert-OH is 1. The topological polar surface area (TPSA) is 37.3 Å². The Morgan fingerprint density at radius 1 is 1.78 bits per heavy atom. The van der Waals surface area contributed by atoms with Gasteiger partial charge in [0.2, 0.25) is 5.12 Å². The van der Waals surface area contributed by atoms with Crippen LogP contribution in [0, 0.1) is 0 Å². The van der Waals surface area contributed by atoms with Gasteiger partial charge in [0.25, 0.3) is 0 Å². The molecule has 1 atom stereocenters. The predicted molar refractivity (Wildman–Crippen MR) is 40.7 cm³/mol. The zero-order valence-electron chi connectivity index (χ0n) is 5.79. The van der Waals surface area contributed by atoms with Crippen molar-refractivity contribution in [1.29, 1.82) is 0 Å². The Labute approximate surface area is 103 Å². The molecule has 0 heterocycles. The van der Waals surface area contributed by atoms with Gasteiger partial charge in [-0.15, -0.1) is 12.6 Å². The zero-order valence-corrected chi connectivity index (χ0v) is 9.81. The van der Waals surface area contributed by atoms with E-state index in [0.717, 1.165) is 6.42 Å². The molecule has 0 spiro atoms. The average molecular weight is 173 g/mol. The first kappa shape index (κ1) is 13.2. The first-order chi connectivity index (χ1) is 3.68. The van der Waals surface area contributed by atoms with Crippen molar-refractivity contribution in [2.24, 2.45) is 0 Å². The van der Waals surface area contributed by atoms with Crippen LogP contribution in [0.5, 0.6) is 0 Å². The molecule has 0 unspecified atom stereocenters. The molecule has 0 amide bonds. The molecule has 0 saturated carbocycles. The van der Waals surface area contributed by atoms with E-state index < -0.39 is 11.2 Å². The van der Waals surface area contributed by atoms with Crippen LogP contribution in [0.15, 0.2) is 0 Å². The van der Waals surface area contributed by atoms with Crippen LogP contribution in [0.1, 0.15) is 19.8 Å². The summed E-state index contributed by atoms with van der Waals surface area (Å²) in [6.07, 6.45) is 0.471. The second-order valence-corrected chi connectivity index (χ2v) is 2.08. The van der Waals surface area contributed by atoms with E-state index in [-0.39, 0.29) is 51.4 Å². The van der Waals surface area contributed by atoms with Crippen molar-refractivity contribution in [3.05, 3.63) is 0 Å². The fourth-order valence-corrected chi connectivity index (χ4v) is 0.526. The Bertz CT molecular complexity index is 87.0. The van der Waals surface area contributed by atoms with Gasteiger partial charge in [-0.2, -0.15) is 0 Å². The molecule has 0 fully saturated rings. The Kier molecular flexibility index (Phi) is 11.3. The van der Waals surface area contributed by atoms with E-state index in [1.54, 1.807) is 0 Å². The maximum atomic E-state index is 10.1. The Hall–Kier alpha value is 1.62. The molecule has 9 heavy (non-hydrogen) atoms. The molecule has 0 aliphatic heterocycles. The monoisotopic (exact) mass is 173 g/mol. The summed E-state index contributed by atoms with van der Waals surface area (Å²) in [5.74, 6) is 0. The molecule has 49 valence electrons. The van der Waals surface area contributed by atoms with E-state index in [9.17, 15) is 4.79 Å². The van der Waals surface area contributed by atoms with Crippen molar-refractivity contribution in [2.75, 3.05) is 0 Å². The van der Waals surface area contributed by atoms with Crippen molar-refractivity contribution >= 4 is 69.1 Å². The second-order valence-electron chi connectivity index (χ2n) is 1.64. The molecule has 4 heteroatoms. The van der Waals surface area contributed by atoms with Crippen molar-refractivity contribution in [1.82, 2.24) is 0 Å². The minimum Gasteiger partial charge on any atom is -0.384 e. The molecular weight excluding hydrogens is 163 g/mol. The van der Waals surface area contributed by atoms with Gasteiger partial charge in [0.15, 0.2) is 0 Å². The largest absolute Gasteiger partial charge is 0.384 e. The van der Waals surface area contributed by atoms with Gasteiger partial charge in [-0.1, -0.05) is 13.3 Å². The standard InChI is InChI=1S/C5H10O2S.K/c1-2-3-4(6)5(7)8;/h4,6H,2-3H2,1H3,(H,7,8);/t4-;/m0./s1. The van der Waals surface area contributed by atoms with E-state index >= 15 is 0 Å². The molecule has 2 nitrogen and oxygen atoms in total. The molecule has 0 bridgehead atoms. The number of hydrogen-bond donors (Lipinski definition) is 2. The summed E-state index contributed by atoms with van der Waals surface area (Å²) in [5.41, 5.74) is 0. The van der Waals surface area contributed by atoms with Crippen molar-refractivity contribution in [3.63, 3.8) is 0 Å². The van der Waals surface area contributed by atoms with Crippen molar-refractivity contribution in [3.8, 4) is 0 Å². The quantitative estimate of drug-likeness (QED) is 0.473. The molecule has 0 aromatic rings. The van der Waals surface area contributed by atoms with E-state index in [0.29, 0.717) is 6.42 Å². The number of rotatable bonds is 3. The van der Waals surface area contributed by atoms with Crippen LogP contribution in [0.25, 0.3) is 0 Å². The summed E-state index contributed by atoms with van der Waals surface area (Å²) in [7, 11) is 0. The van der Waals surface area contributed by atoms with Crippen LogP contribution in [-0.4, -0.2) is 67.7 Å². The summed E-state index contributed by atoms with van der Waals surface area (Å²) < 4.78 is 0. The van der Waals surface area contributed by atoms with E-state index in [4.69, 9.17) is 5.11 Å². The van der Waals surface area contributed by atoms with Crippen LogP contribution in [0.2, 0.25) is 0 Å². The summed E-state index contributed by atoms with van der Waals surface area (Å²) in [6.45, 7) is 1.90. The minimum atomic E-state index is -0.858. The smallest absolute Gasteiger partial charge is 0.214 e. The van der Waals surface area contributed by atoms with Gasteiger partial charge >= 0.3 is 0 Å². The maximum absolute atomic E-state index is 10.1. The summed E-state index contributed by atoms with van der Waals surface area (Å²) in [4.78, 5) is 10.1. The molecule has 0 aromatic heterocycles. The fourth-order valence-electron chi connectivity index (χ4n) is 0.397. The van der Waals surface area contributed by atoms with Crippen LogP contribution < -0.4 is 0 Å². The van der Waals surface area contributed by atoms with Gasteiger partial charge in [-0.05, 0) is 6.42 Å². The van der Waals surface area contributed by atoms with Gasteiger partial charge in [-0.3, -0.25) is 4.79 Å². The predicted octanol–water partition coefficient (Wildman–Crippen LogP) is 0.223. The molecule has 1 N–H and O–H groups in total. The SMILES string of the molecule is CCC[C@H](O)C(=O)S.[K]. The molecular formula is C5H10KO2S. The molecule has 0 aliphatic rings. The van der Waals surface area contributed by atoms with Crippen LogP contribution >= 0.6 is 12.6 Å². The zero-order chi connectivity index (χ0) is 6.57. The van der Waals surface area contributed by atoms with Gasteiger partial charge < -0.3 is 5.11 Å². The number of hydrogen-bond acceptors (Lipinski definition) is 2. The number of aliphatic hydroxyl groups is 1. The molecule has 0 saturated heterocycles. The molecule has 1 radical (unpaired) electrons. The van der Waals surface area contributed by atoms with Gasteiger partial charge in [0, 0.05) is 51.4 Å². The van der Waals surface area contributed by atoms with E-state index in [2.05, 4.69) is 12.6 Å². The number of thiol groups is 1. The van der Waals surface area contributed by atoms with E-state index in [1.165, 1.54) is 0 Å².